The fraction of sp³-hybridized carbons (Fsp3) is 0.400. The van der Waals surface area contributed by atoms with Crippen LogP contribution < -0.4 is 0 Å². The maximum atomic E-state index is 12.0. The summed E-state index contributed by atoms with van der Waals surface area (Å²) < 4.78 is 5.25. The molecule has 0 fully saturated rings. The Morgan fingerprint density at radius 2 is 2.18 bits per heavy atom. The second-order valence-corrected chi connectivity index (χ2v) is 5.89. The lowest BCUT2D eigenvalue weighted by Crippen LogP contribution is -2.36. The first-order chi connectivity index (χ1) is 10.6. The molecule has 0 unspecified atom stereocenters. The van der Waals surface area contributed by atoms with Gasteiger partial charge in [-0.3, -0.25) is 9.78 Å². The second kappa shape index (κ2) is 7.95. The summed E-state index contributed by atoms with van der Waals surface area (Å²) in [6, 6.07) is 5.46. The van der Waals surface area contributed by atoms with E-state index in [1.54, 1.807) is 37.3 Å². The zero-order valence-electron chi connectivity index (χ0n) is 12.6. The monoisotopic (exact) mass is 321 g/mol. The summed E-state index contributed by atoms with van der Waals surface area (Å²) in [5.41, 5.74) is 1.60. The Kier molecular flexibility index (Phi) is 5.97. The molecule has 0 spiro atoms. The average molecular weight is 321 g/mol. The predicted molar refractivity (Wildman–Crippen MR) is 85.2 cm³/mol. The van der Waals surface area contributed by atoms with Crippen molar-refractivity contribution in [3.05, 3.63) is 36.4 Å². The van der Waals surface area contributed by atoms with Gasteiger partial charge in [0.25, 0.3) is 5.91 Å². The molecule has 0 aliphatic heterocycles. The highest BCUT2D eigenvalue weighted by molar-refractivity contribution is 7.98. The molecule has 0 saturated heterocycles. The first-order valence-electron chi connectivity index (χ1n) is 6.89. The lowest BCUT2D eigenvalue weighted by Gasteiger charge is -2.19. The van der Waals surface area contributed by atoms with Crippen LogP contribution in [0.25, 0.3) is 11.3 Å². The maximum Gasteiger partial charge on any atom is 0.251 e. The van der Waals surface area contributed by atoms with Crippen molar-refractivity contribution in [2.75, 3.05) is 19.1 Å². The van der Waals surface area contributed by atoms with Gasteiger partial charge in [-0.15, -0.1) is 0 Å². The fourth-order valence-corrected chi connectivity index (χ4v) is 2.42. The number of aromatic nitrogens is 2. The molecule has 1 atom stereocenters. The molecule has 0 aromatic carbocycles. The lowest BCUT2D eigenvalue weighted by molar-refractivity contribution is -0.139. The van der Waals surface area contributed by atoms with Crippen molar-refractivity contribution in [3.8, 4) is 11.3 Å². The van der Waals surface area contributed by atoms with Crippen molar-refractivity contribution in [3.63, 3.8) is 0 Å². The lowest BCUT2D eigenvalue weighted by atomic mass is 10.2. The summed E-state index contributed by atoms with van der Waals surface area (Å²) >= 11 is 1.60. The molecule has 2 aromatic rings. The first-order valence-corrected chi connectivity index (χ1v) is 8.29. The molecule has 118 valence electrons. The van der Waals surface area contributed by atoms with Crippen LogP contribution in [-0.2, 0) is 11.3 Å². The average Bonchev–Trinajstić information content (AvgIpc) is 3.01. The van der Waals surface area contributed by atoms with E-state index in [4.69, 9.17) is 4.52 Å². The first kappa shape index (κ1) is 16.5. The van der Waals surface area contributed by atoms with Crippen molar-refractivity contribution < 1.29 is 14.4 Å². The Balaban J connectivity index is 1.96. The zero-order valence-corrected chi connectivity index (χ0v) is 13.4. The molecule has 0 saturated carbocycles. The van der Waals surface area contributed by atoms with E-state index in [1.807, 2.05) is 18.4 Å². The second-order valence-electron chi connectivity index (χ2n) is 4.91. The number of hydrogen-bond donors (Lipinski definition) is 1. The smallest absolute Gasteiger partial charge is 0.251 e. The van der Waals surface area contributed by atoms with E-state index in [2.05, 4.69) is 10.1 Å². The Labute approximate surface area is 133 Å². The third-order valence-corrected chi connectivity index (χ3v) is 3.83. The third-order valence-electron chi connectivity index (χ3n) is 3.18. The van der Waals surface area contributed by atoms with E-state index in [-0.39, 0.29) is 12.5 Å². The quantitative estimate of drug-likeness (QED) is 0.838. The van der Waals surface area contributed by atoms with Gasteiger partial charge < -0.3 is 14.5 Å². The van der Waals surface area contributed by atoms with Gasteiger partial charge in [0, 0.05) is 31.1 Å². The van der Waals surface area contributed by atoms with Crippen LogP contribution >= 0.6 is 11.8 Å². The van der Waals surface area contributed by atoms with Crippen molar-refractivity contribution in [1.29, 1.82) is 0 Å². The van der Waals surface area contributed by atoms with Crippen LogP contribution in [0.15, 0.2) is 35.1 Å². The summed E-state index contributed by atoms with van der Waals surface area (Å²) in [6.07, 6.45) is 4.78. The topological polar surface area (TPSA) is 79.5 Å². The number of hydrogen-bond acceptors (Lipinski definition) is 6. The van der Waals surface area contributed by atoms with Gasteiger partial charge in [-0.2, -0.15) is 11.8 Å². The number of likely N-dealkylation sites (N-methyl/N-ethyl adjacent to an activating group) is 1. The molecule has 2 rings (SSSR count). The number of nitrogens with zero attached hydrogens (tertiary/aromatic N) is 3. The van der Waals surface area contributed by atoms with Gasteiger partial charge in [-0.1, -0.05) is 5.16 Å². The standard InChI is InChI=1S/C15H19N3O3S/c1-18(15(20)14(19)5-8-22-2)10-12-9-13(17-21-12)11-3-6-16-7-4-11/h3-4,6-7,9,14,19H,5,8,10H2,1-2H3/t14-/m0/s1. The van der Waals surface area contributed by atoms with E-state index in [1.165, 1.54) is 4.90 Å². The highest BCUT2D eigenvalue weighted by Crippen LogP contribution is 2.19. The number of amides is 1. The van der Waals surface area contributed by atoms with Crippen LogP contribution in [0.5, 0.6) is 0 Å². The van der Waals surface area contributed by atoms with E-state index in [0.717, 1.165) is 11.3 Å². The molecule has 1 amide bonds. The zero-order chi connectivity index (χ0) is 15.9. The van der Waals surface area contributed by atoms with E-state index in [9.17, 15) is 9.90 Å². The molecular formula is C15H19N3O3S. The summed E-state index contributed by atoms with van der Waals surface area (Å²) in [4.78, 5) is 17.4. The summed E-state index contributed by atoms with van der Waals surface area (Å²) in [7, 11) is 1.64. The minimum atomic E-state index is -0.972. The molecule has 0 bridgehead atoms. The van der Waals surface area contributed by atoms with Crippen LogP contribution in [0, 0.1) is 0 Å². The number of rotatable bonds is 7. The minimum absolute atomic E-state index is 0.271. The maximum absolute atomic E-state index is 12.0. The van der Waals surface area contributed by atoms with Crippen molar-refractivity contribution in [2.45, 2.75) is 19.1 Å². The van der Waals surface area contributed by atoms with Crippen LogP contribution in [0.1, 0.15) is 12.2 Å². The van der Waals surface area contributed by atoms with Gasteiger partial charge in [-0.25, -0.2) is 0 Å². The molecule has 1 N–H and O–H groups in total. The highest BCUT2D eigenvalue weighted by atomic mass is 32.2. The number of thioether (sulfide) groups is 1. The van der Waals surface area contributed by atoms with Crippen LogP contribution in [0.3, 0.4) is 0 Å². The molecule has 0 radical (unpaired) electrons. The Morgan fingerprint density at radius 1 is 1.45 bits per heavy atom. The number of aliphatic hydroxyl groups is 1. The van der Waals surface area contributed by atoms with E-state index < -0.39 is 6.10 Å². The molecule has 22 heavy (non-hydrogen) atoms. The SMILES string of the molecule is CSCC[C@H](O)C(=O)N(C)Cc1cc(-c2ccncc2)no1. The van der Waals surface area contributed by atoms with Gasteiger partial charge >= 0.3 is 0 Å². The highest BCUT2D eigenvalue weighted by Gasteiger charge is 2.20. The summed E-state index contributed by atoms with van der Waals surface area (Å²) in [5.74, 6) is 1.01. The minimum Gasteiger partial charge on any atom is -0.383 e. The van der Waals surface area contributed by atoms with Crippen molar-refractivity contribution in [1.82, 2.24) is 15.0 Å². The fourth-order valence-electron chi connectivity index (χ4n) is 1.97. The van der Waals surface area contributed by atoms with E-state index >= 15 is 0 Å². The molecule has 2 aromatic heterocycles. The molecule has 6 nitrogen and oxygen atoms in total. The normalized spacial score (nSPS) is 12.1. The van der Waals surface area contributed by atoms with Gasteiger partial charge in [0.1, 0.15) is 11.8 Å². The summed E-state index contributed by atoms with van der Waals surface area (Å²) in [6.45, 7) is 0.271. The molecular weight excluding hydrogens is 302 g/mol. The van der Waals surface area contributed by atoms with Crippen molar-refractivity contribution in [2.24, 2.45) is 0 Å². The van der Waals surface area contributed by atoms with Crippen LogP contribution in [0.4, 0.5) is 0 Å². The number of carbonyl (C=O) groups is 1. The van der Waals surface area contributed by atoms with Crippen molar-refractivity contribution >= 4 is 17.7 Å². The van der Waals surface area contributed by atoms with E-state index in [0.29, 0.717) is 17.9 Å². The molecule has 0 aliphatic rings. The largest absolute Gasteiger partial charge is 0.383 e. The van der Waals surface area contributed by atoms with Gasteiger partial charge in [0.05, 0.1) is 6.54 Å². The summed E-state index contributed by atoms with van der Waals surface area (Å²) in [5, 5.41) is 13.8. The number of aliphatic hydroxyl groups excluding tert-OH is 1. The van der Waals surface area contributed by atoms with Crippen LogP contribution in [0.2, 0.25) is 0 Å². The number of pyridine rings is 1. The Morgan fingerprint density at radius 3 is 2.86 bits per heavy atom. The van der Waals surface area contributed by atoms with Gasteiger partial charge in [0.15, 0.2) is 5.76 Å². The Bertz CT molecular complexity index is 603. The van der Waals surface area contributed by atoms with Gasteiger partial charge in [0.2, 0.25) is 0 Å². The molecule has 0 aliphatic carbocycles. The Hall–Kier alpha value is -1.86. The third kappa shape index (κ3) is 4.32. The number of carbonyl (C=O) groups excluding carboxylic acids is 1. The van der Waals surface area contributed by atoms with Crippen LogP contribution in [-0.4, -0.2) is 51.2 Å². The molecule has 2 heterocycles. The van der Waals surface area contributed by atoms with Gasteiger partial charge in [-0.05, 0) is 30.6 Å². The molecule has 7 heteroatoms. The predicted octanol–water partition coefficient (Wildman–Crippen LogP) is 1.81.